The van der Waals surface area contributed by atoms with Gasteiger partial charge in [-0.15, -0.1) is 0 Å². The van der Waals surface area contributed by atoms with Gasteiger partial charge in [0, 0.05) is 0 Å². The molecule has 0 N–H and O–H groups in total. The number of ether oxygens (including phenoxy) is 1. The predicted octanol–water partition coefficient (Wildman–Crippen LogP) is 5.05. The van der Waals surface area contributed by atoms with Crippen molar-refractivity contribution in [1.29, 1.82) is 0 Å². The molecule has 0 aliphatic rings. The Labute approximate surface area is 155 Å². The summed E-state index contributed by atoms with van der Waals surface area (Å²) < 4.78 is 6.20. The van der Waals surface area contributed by atoms with Gasteiger partial charge in [0.25, 0.3) is 0 Å². The molecule has 0 aromatic heterocycles. The van der Waals surface area contributed by atoms with Crippen molar-refractivity contribution in [1.82, 2.24) is 0 Å². The standard InChI is InChI=1S/C22H24ClOP/c1-19(2)24-18-25(23,20-12-6-3-7-13-20,21-14-8-4-9-15-21)22-16-10-5-11-17-22/h3-17,19H,18H2,1-2H3. The second-order valence-electron chi connectivity index (χ2n) is 6.53. The first-order valence-electron chi connectivity index (χ1n) is 8.57. The molecule has 25 heavy (non-hydrogen) atoms. The fraction of sp³-hybridized carbons (Fsp3) is 0.182. The molecule has 0 amide bonds. The van der Waals surface area contributed by atoms with Gasteiger partial charge >= 0.3 is 155 Å². The first-order valence-corrected chi connectivity index (χ1v) is 11.9. The molecule has 0 heterocycles. The van der Waals surface area contributed by atoms with E-state index in [4.69, 9.17) is 16.0 Å². The van der Waals surface area contributed by atoms with E-state index in [1.54, 1.807) is 0 Å². The molecule has 0 bridgehead atoms. The summed E-state index contributed by atoms with van der Waals surface area (Å²) in [5.41, 5.74) is 0. The molecule has 0 atom stereocenters. The molecular weight excluding hydrogens is 347 g/mol. The zero-order valence-corrected chi connectivity index (χ0v) is 16.3. The third-order valence-electron chi connectivity index (χ3n) is 4.53. The van der Waals surface area contributed by atoms with Crippen molar-refractivity contribution in [3.05, 3.63) is 91.0 Å². The second kappa shape index (κ2) is 7.30. The minimum atomic E-state index is -3.25. The van der Waals surface area contributed by atoms with Crippen LogP contribution in [0.2, 0.25) is 0 Å². The number of benzene rings is 3. The van der Waals surface area contributed by atoms with Crippen LogP contribution in [0.4, 0.5) is 0 Å². The number of rotatable bonds is 6. The molecule has 0 fully saturated rings. The van der Waals surface area contributed by atoms with Crippen LogP contribution in [0.25, 0.3) is 0 Å². The van der Waals surface area contributed by atoms with E-state index in [9.17, 15) is 0 Å². The van der Waals surface area contributed by atoms with E-state index in [1.807, 2.05) is 18.2 Å². The van der Waals surface area contributed by atoms with Gasteiger partial charge in [-0.1, -0.05) is 0 Å². The molecule has 1 nitrogen and oxygen atoms in total. The van der Waals surface area contributed by atoms with Crippen molar-refractivity contribution in [3.63, 3.8) is 0 Å². The average Bonchev–Trinajstić information content (AvgIpc) is 2.68. The zero-order valence-electron chi connectivity index (χ0n) is 14.7. The van der Waals surface area contributed by atoms with Crippen LogP contribution in [-0.4, -0.2) is 12.5 Å². The van der Waals surface area contributed by atoms with E-state index in [1.165, 1.54) is 0 Å². The predicted molar refractivity (Wildman–Crippen MR) is 112 cm³/mol. The van der Waals surface area contributed by atoms with Gasteiger partial charge in [0.05, 0.1) is 0 Å². The quantitative estimate of drug-likeness (QED) is 0.551. The summed E-state index contributed by atoms with van der Waals surface area (Å²) in [5, 5.41) is 3.40. The monoisotopic (exact) mass is 370 g/mol. The molecule has 0 radical (unpaired) electrons. The SMILES string of the molecule is CC(C)OCP(Cl)(c1ccccc1)(c1ccccc1)c1ccccc1. The fourth-order valence-corrected chi connectivity index (χ4v) is 8.66. The Morgan fingerprint density at radius 1 is 0.680 bits per heavy atom. The van der Waals surface area contributed by atoms with Gasteiger partial charge in [0.15, 0.2) is 0 Å². The van der Waals surface area contributed by atoms with Crippen molar-refractivity contribution < 1.29 is 4.74 Å². The Balaban J connectivity index is 2.36. The molecule has 3 rings (SSSR count). The van der Waals surface area contributed by atoms with E-state index in [0.717, 1.165) is 15.9 Å². The van der Waals surface area contributed by atoms with E-state index < -0.39 is 5.96 Å². The Bertz CT molecular complexity index is 704. The van der Waals surface area contributed by atoms with Gasteiger partial charge in [-0.2, -0.15) is 0 Å². The normalized spacial score (nSPS) is 13.4. The van der Waals surface area contributed by atoms with Gasteiger partial charge in [-0.3, -0.25) is 0 Å². The van der Waals surface area contributed by atoms with Crippen LogP contribution in [-0.2, 0) is 4.74 Å². The van der Waals surface area contributed by atoms with Crippen molar-refractivity contribution in [2.75, 3.05) is 6.35 Å². The Morgan fingerprint density at radius 3 is 1.28 bits per heavy atom. The maximum atomic E-state index is 7.82. The summed E-state index contributed by atoms with van der Waals surface area (Å²) >= 11 is 7.82. The van der Waals surface area contributed by atoms with E-state index >= 15 is 0 Å². The maximum absolute atomic E-state index is 7.82. The molecule has 0 aliphatic heterocycles. The molecule has 0 saturated carbocycles. The first kappa shape index (κ1) is 18.1. The Hall–Kier alpha value is -1.66. The van der Waals surface area contributed by atoms with Gasteiger partial charge in [0.1, 0.15) is 0 Å². The van der Waals surface area contributed by atoms with Crippen molar-refractivity contribution in [2.24, 2.45) is 0 Å². The van der Waals surface area contributed by atoms with Crippen LogP contribution in [0.1, 0.15) is 13.8 Å². The third kappa shape index (κ3) is 3.25. The molecule has 0 saturated heterocycles. The molecule has 3 heteroatoms. The van der Waals surface area contributed by atoms with E-state index in [2.05, 4.69) is 86.6 Å². The van der Waals surface area contributed by atoms with Crippen molar-refractivity contribution >= 4 is 33.1 Å². The van der Waals surface area contributed by atoms with Crippen molar-refractivity contribution in [2.45, 2.75) is 20.0 Å². The Kier molecular flexibility index (Phi) is 5.29. The summed E-state index contributed by atoms with van der Waals surface area (Å²) in [6.07, 6.45) is 0.583. The minimum absolute atomic E-state index is 0.108. The summed E-state index contributed by atoms with van der Waals surface area (Å²) in [6.45, 7) is 4.11. The average molecular weight is 371 g/mol. The van der Waals surface area contributed by atoms with E-state index in [0.29, 0.717) is 6.35 Å². The fourth-order valence-electron chi connectivity index (χ4n) is 3.18. The van der Waals surface area contributed by atoms with Crippen LogP contribution >= 0.6 is 17.2 Å². The number of halogens is 1. The molecule has 0 aliphatic carbocycles. The molecule has 3 aromatic rings. The number of hydrogen-bond donors (Lipinski definition) is 0. The van der Waals surface area contributed by atoms with Crippen LogP contribution in [0, 0.1) is 0 Å². The summed E-state index contributed by atoms with van der Waals surface area (Å²) in [5.74, 6) is -3.25. The topological polar surface area (TPSA) is 9.23 Å². The molecular formula is C22H24ClOP. The van der Waals surface area contributed by atoms with Gasteiger partial charge < -0.3 is 0 Å². The summed E-state index contributed by atoms with van der Waals surface area (Å²) in [4.78, 5) is 0. The van der Waals surface area contributed by atoms with Gasteiger partial charge in [-0.25, -0.2) is 0 Å². The van der Waals surface area contributed by atoms with Crippen molar-refractivity contribution in [3.8, 4) is 0 Å². The van der Waals surface area contributed by atoms with Gasteiger partial charge in [0.2, 0.25) is 0 Å². The van der Waals surface area contributed by atoms with Crippen LogP contribution in [0.15, 0.2) is 91.0 Å². The molecule has 0 unspecified atom stereocenters. The summed E-state index contributed by atoms with van der Waals surface area (Å²) in [6, 6.07) is 31.2. The van der Waals surface area contributed by atoms with E-state index in [-0.39, 0.29) is 6.10 Å². The molecule has 0 spiro atoms. The second-order valence-corrected chi connectivity index (χ2v) is 12.9. The van der Waals surface area contributed by atoms with Crippen LogP contribution < -0.4 is 15.9 Å². The zero-order chi connectivity index (χ0) is 17.8. The first-order chi connectivity index (χ1) is 12.1. The number of hydrogen-bond acceptors (Lipinski definition) is 1. The third-order valence-corrected chi connectivity index (χ3v) is 11.3. The molecule has 130 valence electrons. The van der Waals surface area contributed by atoms with Crippen LogP contribution in [0.5, 0.6) is 0 Å². The van der Waals surface area contributed by atoms with Gasteiger partial charge in [-0.05, 0) is 0 Å². The van der Waals surface area contributed by atoms with Crippen LogP contribution in [0.3, 0.4) is 0 Å². The molecule has 3 aromatic carbocycles. The Morgan fingerprint density at radius 2 is 1.00 bits per heavy atom. The summed E-state index contributed by atoms with van der Waals surface area (Å²) in [7, 11) is 0.